The summed E-state index contributed by atoms with van der Waals surface area (Å²) in [7, 11) is 0. The van der Waals surface area contributed by atoms with E-state index in [4.69, 9.17) is 10.5 Å². The first-order valence-electron chi connectivity index (χ1n) is 8.47. The molecule has 2 aromatic rings. The van der Waals surface area contributed by atoms with E-state index < -0.39 is 0 Å². The molecule has 0 aromatic heterocycles. The molecule has 0 aliphatic heterocycles. The molecule has 126 valence electrons. The highest BCUT2D eigenvalue weighted by molar-refractivity contribution is 5.97. The smallest absolute Gasteiger partial charge is 0.166 e. The maximum atomic E-state index is 12.1. The van der Waals surface area contributed by atoms with Gasteiger partial charge in [-0.3, -0.25) is 4.79 Å². The van der Waals surface area contributed by atoms with Crippen LogP contribution in [0, 0.1) is 0 Å². The molecule has 0 saturated carbocycles. The summed E-state index contributed by atoms with van der Waals surface area (Å²) >= 11 is 0. The Kier molecular flexibility index (Phi) is 7.09. The fraction of sp³-hybridized carbons (Fsp3) is 0.286. The van der Waals surface area contributed by atoms with Gasteiger partial charge in [-0.05, 0) is 48.4 Å². The molecule has 3 heteroatoms. The van der Waals surface area contributed by atoms with Crippen molar-refractivity contribution < 1.29 is 9.53 Å². The number of unbranched alkanes of at least 4 members (excludes halogenated alkanes) is 2. The number of rotatable bonds is 9. The van der Waals surface area contributed by atoms with Gasteiger partial charge in [0.25, 0.3) is 0 Å². The minimum atomic E-state index is 0.0853. The molecule has 0 radical (unpaired) electrons. The molecule has 0 fully saturated rings. The lowest BCUT2D eigenvalue weighted by atomic mass is 10.1. The van der Waals surface area contributed by atoms with Crippen molar-refractivity contribution in [3.63, 3.8) is 0 Å². The van der Waals surface area contributed by atoms with Gasteiger partial charge in [0.05, 0.1) is 6.61 Å². The van der Waals surface area contributed by atoms with Crippen molar-refractivity contribution in [3.8, 4) is 5.75 Å². The lowest BCUT2D eigenvalue weighted by molar-refractivity contribution is 0.0996. The first-order valence-corrected chi connectivity index (χ1v) is 8.47. The van der Waals surface area contributed by atoms with Crippen LogP contribution >= 0.6 is 0 Å². The Labute approximate surface area is 144 Å². The molecule has 0 atom stereocenters. The highest BCUT2D eigenvalue weighted by atomic mass is 16.5. The van der Waals surface area contributed by atoms with Gasteiger partial charge in [0.2, 0.25) is 0 Å². The van der Waals surface area contributed by atoms with E-state index in [9.17, 15) is 4.79 Å². The van der Waals surface area contributed by atoms with E-state index in [0.717, 1.165) is 24.3 Å². The van der Waals surface area contributed by atoms with Gasteiger partial charge in [-0.25, -0.2) is 0 Å². The minimum absolute atomic E-state index is 0.0853. The first kappa shape index (κ1) is 17.8. The normalized spacial score (nSPS) is 10.9. The van der Waals surface area contributed by atoms with E-state index in [2.05, 4.69) is 6.92 Å². The standard InChI is InChI=1S/C21H25NO2/c1-2-3-4-16-24-20-14-8-17(9-15-20)6-5-7-21(23)18-10-12-19(22)13-11-18/h5-6,8-15H,2-4,7,16,22H2,1H3. The van der Waals surface area contributed by atoms with Crippen molar-refractivity contribution in [1.29, 1.82) is 0 Å². The molecule has 0 heterocycles. The quantitative estimate of drug-likeness (QED) is 0.396. The fourth-order valence-electron chi connectivity index (χ4n) is 2.31. The minimum Gasteiger partial charge on any atom is -0.494 e. The van der Waals surface area contributed by atoms with E-state index in [-0.39, 0.29) is 5.78 Å². The van der Waals surface area contributed by atoms with Gasteiger partial charge in [-0.1, -0.05) is 44.1 Å². The SMILES string of the molecule is CCCCCOc1ccc(C=CCC(=O)c2ccc(N)cc2)cc1. The average Bonchev–Trinajstić information content (AvgIpc) is 2.60. The zero-order chi connectivity index (χ0) is 17.2. The predicted molar refractivity (Wildman–Crippen MR) is 100 cm³/mol. The topological polar surface area (TPSA) is 52.3 Å². The summed E-state index contributed by atoms with van der Waals surface area (Å²) in [5, 5.41) is 0. The number of nitrogens with two attached hydrogens (primary N) is 1. The molecule has 2 aromatic carbocycles. The van der Waals surface area contributed by atoms with Crippen LogP contribution in [-0.4, -0.2) is 12.4 Å². The Bertz CT molecular complexity index is 657. The number of Topliss-reactive ketones (excluding diaryl/α,β-unsaturated/α-hetero) is 1. The molecule has 0 aliphatic rings. The Morgan fingerprint density at radius 2 is 1.75 bits per heavy atom. The van der Waals surface area contributed by atoms with Gasteiger partial charge in [0, 0.05) is 17.7 Å². The number of allylic oxidation sites excluding steroid dienone is 1. The second-order valence-corrected chi connectivity index (χ2v) is 5.78. The third-order valence-corrected chi connectivity index (χ3v) is 3.74. The number of carbonyl (C=O) groups is 1. The number of hydrogen-bond acceptors (Lipinski definition) is 3. The average molecular weight is 323 g/mol. The van der Waals surface area contributed by atoms with Crippen molar-refractivity contribution in [2.75, 3.05) is 12.3 Å². The van der Waals surface area contributed by atoms with Crippen molar-refractivity contribution in [2.24, 2.45) is 0 Å². The predicted octanol–water partition coefficient (Wildman–Crippen LogP) is 5.12. The summed E-state index contributed by atoms with van der Waals surface area (Å²) in [4.78, 5) is 12.1. The molecule has 0 bridgehead atoms. The zero-order valence-corrected chi connectivity index (χ0v) is 14.2. The van der Waals surface area contributed by atoms with Crippen LogP contribution < -0.4 is 10.5 Å². The van der Waals surface area contributed by atoms with Crippen LogP contribution in [0.1, 0.15) is 48.5 Å². The molecule has 24 heavy (non-hydrogen) atoms. The van der Waals surface area contributed by atoms with E-state index in [1.54, 1.807) is 24.3 Å². The van der Waals surface area contributed by atoms with Crippen molar-refractivity contribution in [2.45, 2.75) is 32.6 Å². The molecule has 0 spiro atoms. The first-order chi connectivity index (χ1) is 11.7. The Morgan fingerprint density at radius 1 is 1.04 bits per heavy atom. The van der Waals surface area contributed by atoms with Gasteiger partial charge in [0.1, 0.15) is 5.75 Å². The van der Waals surface area contributed by atoms with Gasteiger partial charge in [-0.15, -0.1) is 0 Å². The summed E-state index contributed by atoms with van der Waals surface area (Å²) in [6.45, 7) is 2.94. The maximum absolute atomic E-state index is 12.1. The van der Waals surface area contributed by atoms with Gasteiger partial charge < -0.3 is 10.5 Å². The largest absolute Gasteiger partial charge is 0.494 e. The number of ketones is 1. The molecule has 2 N–H and O–H groups in total. The molecule has 0 aliphatic carbocycles. The lowest BCUT2D eigenvalue weighted by Gasteiger charge is -2.05. The molecular weight excluding hydrogens is 298 g/mol. The third kappa shape index (κ3) is 5.92. The van der Waals surface area contributed by atoms with Crippen LogP contribution in [0.15, 0.2) is 54.6 Å². The molecule has 3 nitrogen and oxygen atoms in total. The van der Waals surface area contributed by atoms with E-state index >= 15 is 0 Å². The number of carbonyl (C=O) groups excluding carboxylic acids is 1. The summed E-state index contributed by atoms with van der Waals surface area (Å²) in [6.07, 6.45) is 7.70. The summed E-state index contributed by atoms with van der Waals surface area (Å²) in [5.74, 6) is 0.975. The lowest BCUT2D eigenvalue weighted by Crippen LogP contribution is -1.97. The van der Waals surface area contributed by atoms with E-state index in [1.165, 1.54) is 12.8 Å². The van der Waals surface area contributed by atoms with Crippen LogP contribution in [0.5, 0.6) is 5.75 Å². The maximum Gasteiger partial charge on any atom is 0.166 e. The van der Waals surface area contributed by atoms with Crippen molar-refractivity contribution in [1.82, 2.24) is 0 Å². The molecule has 0 amide bonds. The van der Waals surface area contributed by atoms with Gasteiger partial charge in [0.15, 0.2) is 5.78 Å². The number of ether oxygens (including phenoxy) is 1. The van der Waals surface area contributed by atoms with Crippen LogP contribution in [0.2, 0.25) is 0 Å². The third-order valence-electron chi connectivity index (χ3n) is 3.74. The van der Waals surface area contributed by atoms with Crippen LogP contribution in [0.4, 0.5) is 5.69 Å². The Morgan fingerprint density at radius 3 is 2.42 bits per heavy atom. The second-order valence-electron chi connectivity index (χ2n) is 5.78. The number of hydrogen-bond donors (Lipinski definition) is 1. The van der Waals surface area contributed by atoms with Crippen molar-refractivity contribution >= 4 is 17.5 Å². The molecule has 2 rings (SSSR count). The number of nitrogen functional groups attached to an aromatic ring is 1. The molecule has 0 unspecified atom stereocenters. The summed E-state index contributed by atoms with van der Waals surface area (Å²) in [6, 6.07) is 14.9. The fourth-order valence-corrected chi connectivity index (χ4v) is 2.31. The van der Waals surface area contributed by atoms with Crippen LogP contribution in [0.3, 0.4) is 0 Å². The van der Waals surface area contributed by atoms with Gasteiger partial charge in [-0.2, -0.15) is 0 Å². The van der Waals surface area contributed by atoms with E-state index in [0.29, 0.717) is 17.7 Å². The zero-order valence-electron chi connectivity index (χ0n) is 14.2. The van der Waals surface area contributed by atoms with E-state index in [1.807, 2.05) is 36.4 Å². The second kappa shape index (κ2) is 9.56. The molecule has 0 saturated heterocycles. The van der Waals surface area contributed by atoms with Crippen LogP contribution in [-0.2, 0) is 0 Å². The highest BCUT2D eigenvalue weighted by Crippen LogP contribution is 2.15. The Hall–Kier alpha value is -2.55. The number of anilines is 1. The summed E-state index contributed by atoms with van der Waals surface area (Å²) < 4.78 is 5.68. The number of benzene rings is 2. The van der Waals surface area contributed by atoms with Crippen LogP contribution in [0.25, 0.3) is 6.08 Å². The molecular formula is C21H25NO2. The van der Waals surface area contributed by atoms with Gasteiger partial charge >= 0.3 is 0 Å². The summed E-state index contributed by atoms with van der Waals surface area (Å²) in [5.41, 5.74) is 8.03. The Balaban J connectivity index is 1.81. The monoisotopic (exact) mass is 323 g/mol. The highest BCUT2D eigenvalue weighted by Gasteiger charge is 2.02. The van der Waals surface area contributed by atoms with Crippen molar-refractivity contribution in [3.05, 3.63) is 65.7 Å².